The van der Waals surface area contributed by atoms with E-state index in [1.54, 1.807) is 28.0 Å². The van der Waals surface area contributed by atoms with Gasteiger partial charge in [0.2, 0.25) is 5.91 Å². The number of carbonyl (C=O) groups excluding carboxylic acids is 1. The monoisotopic (exact) mass is 454 g/mol. The lowest BCUT2D eigenvalue weighted by Gasteiger charge is -2.31. The summed E-state index contributed by atoms with van der Waals surface area (Å²) >= 11 is 0. The minimum Gasteiger partial charge on any atom is -0.335 e. The van der Waals surface area contributed by atoms with E-state index in [4.69, 9.17) is 0 Å². The van der Waals surface area contributed by atoms with Gasteiger partial charge in [0.25, 0.3) is 0 Å². The third-order valence-electron chi connectivity index (χ3n) is 6.91. The normalized spacial score (nSPS) is 19.8. The van der Waals surface area contributed by atoms with Crippen LogP contribution >= 0.6 is 0 Å². The van der Waals surface area contributed by atoms with Gasteiger partial charge in [-0.2, -0.15) is 10.2 Å². The van der Waals surface area contributed by atoms with Crippen molar-refractivity contribution in [3.05, 3.63) is 61.4 Å². The first kappa shape index (κ1) is 20.7. The number of amides is 1. The highest BCUT2D eigenvalue weighted by Gasteiger charge is 2.43. The van der Waals surface area contributed by atoms with Gasteiger partial charge in [-0.15, -0.1) is 0 Å². The number of likely N-dealkylation sites (N-methyl/N-ethyl adjacent to an activating group) is 1. The molecule has 34 heavy (non-hydrogen) atoms. The van der Waals surface area contributed by atoms with Crippen LogP contribution in [0, 0.1) is 0 Å². The number of likely N-dealkylation sites (tertiary alicyclic amines) is 2. The topological polar surface area (TPSA) is 85.0 Å². The maximum Gasteiger partial charge on any atom is 0.244 e. The van der Waals surface area contributed by atoms with Gasteiger partial charge in [-0.05, 0) is 25.1 Å². The molecule has 0 spiro atoms. The number of benzene rings is 1. The summed E-state index contributed by atoms with van der Waals surface area (Å²) in [5.41, 5.74) is 4.83. The van der Waals surface area contributed by atoms with Crippen molar-refractivity contribution in [3.63, 3.8) is 0 Å². The highest BCUT2D eigenvalue weighted by atomic mass is 16.2. The number of rotatable bonds is 5. The van der Waals surface area contributed by atoms with Gasteiger partial charge in [-0.25, -0.2) is 9.97 Å². The Morgan fingerprint density at radius 1 is 0.882 bits per heavy atom. The fourth-order valence-electron chi connectivity index (χ4n) is 5.03. The lowest BCUT2D eigenvalue weighted by Crippen LogP contribution is -2.48. The van der Waals surface area contributed by atoms with Gasteiger partial charge in [0.15, 0.2) is 5.82 Å². The minimum absolute atomic E-state index is 0.135. The molecular weight excluding hydrogens is 428 g/mol. The molecule has 2 fully saturated rings. The molecule has 9 nitrogen and oxygen atoms in total. The molecule has 9 heteroatoms. The molecule has 4 aromatic rings. The van der Waals surface area contributed by atoms with Crippen molar-refractivity contribution in [1.82, 2.24) is 39.3 Å². The summed E-state index contributed by atoms with van der Waals surface area (Å²) in [4.78, 5) is 26.3. The number of hydrogen-bond donors (Lipinski definition) is 0. The van der Waals surface area contributed by atoms with Crippen molar-refractivity contribution in [2.45, 2.75) is 25.0 Å². The number of aromatic nitrogens is 6. The molecule has 0 N–H and O–H groups in total. The second-order valence-electron chi connectivity index (χ2n) is 9.23. The van der Waals surface area contributed by atoms with Gasteiger partial charge >= 0.3 is 0 Å². The largest absolute Gasteiger partial charge is 0.335 e. The molecule has 3 aromatic heterocycles. The van der Waals surface area contributed by atoms with E-state index in [1.807, 2.05) is 42.7 Å². The van der Waals surface area contributed by atoms with Crippen LogP contribution in [0.3, 0.4) is 0 Å². The molecule has 2 bridgehead atoms. The molecule has 2 atom stereocenters. The Morgan fingerprint density at radius 2 is 1.65 bits per heavy atom. The number of aryl methyl sites for hydroxylation is 1. The fourth-order valence-corrected chi connectivity index (χ4v) is 5.03. The van der Waals surface area contributed by atoms with Crippen LogP contribution < -0.4 is 0 Å². The first-order valence-corrected chi connectivity index (χ1v) is 11.5. The summed E-state index contributed by atoms with van der Waals surface area (Å²) < 4.78 is 3.49. The van der Waals surface area contributed by atoms with Gasteiger partial charge in [0.1, 0.15) is 6.54 Å². The zero-order valence-corrected chi connectivity index (χ0v) is 19.2. The molecular formula is C25H26N8O. The van der Waals surface area contributed by atoms with Crippen LogP contribution in [0.2, 0.25) is 0 Å². The van der Waals surface area contributed by atoms with Crippen molar-refractivity contribution in [3.8, 4) is 33.6 Å². The van der Waals surface area contributed by atoms with E-state index in [1.165, 1.54) is 0 Å². The second-order valence-corrected chi connectivity index (χ2v) is 9.23. The van der Waals surface area contributed by atoms with E-state index >= 15 is 0 Å². The van der Waals surface area contributed by atoms with Crippen LogP contribution in [-0.4, -0.2) is 77.5 Å². The number of carbonyl (C=O) groups is 1. The summed E-state index contributed by atoms with van der Waals surface area (Å²) in [6.07, 6.45) is 12.2. The van der Waals surface area contributed by atoms with E-state index in [2.05, 4.69) is 44.2 Å². The van der Waals surface area contributed by atoms with Crippen LogP contribution in [0.25, 0.3) is 33.6 Å². The Labute approximate surface area is 197 Å². The summed E-state index contributed by atoms with van der Waals surface area (Å²) in [7, 11) is 4.04. The molecule has 6 rings (SSSR count). The third-order valence-corrected chi connectivity index (χ3v) is 6.91. The Hall–Kier alpha value is -3.85. The van der Waals surface area contributed by atoms with E-state index in [9.17, 15) is 4.79 Å². The number of hydrogen-bond acceptors (Lipinski definition) is 6. The fraction of sp³-hybridized carbons (Fsp3) is 0.320. The Kier molecular flexibility index (Phi) is 4.99. The lowest BCUT2D eigenvalue weighted by atomic mass is 10.1. The molecule has 2 aliphatic heterocycles. The highest BCUT2D eigenvalue weighted by molar-refractivity contribution is 5.77. The number of piperazine rings is 1. The molecule has 172 valence electrons. The average Bonchev–Trinajstić information content (AvgIpc) is 3.64. The Bertz CT molecular complexity index is 1340. The molecule has 5 heterocycles. The zero-order chi connectivity index (χ0) is 23.2. The minimum atomic E-state index is 0.135. The van der Waals surface area contributed by atoms with E-state index in [-0.39, 0.29) is 12.5 Å². The molecule has 2 saturated heterocycles. The zero-order valence-electron chi connectivity index (χ0n) is 19.2. The summed E-state index contributed by atoms with van der Waals surface area (Å²) in [5.74, 6) is 0.793. The molecule has 0 aliphatic carbocycles. The standard InChI is InChI=1S/C25H26N8O/c1-30-14-23-7-22(30)15-33(23)24(34)16-32-13-21(11-29-32)19-8-26-25(27-9-19)18-5-3-4-17(6-18)20-10-28-31(2)12-20/h3-6,8-13,22-23H,7,14-16H2,1-2H3. The van der Waals surface area contributed by atoms with Crippen LogP contribution in [0.4, 0.5) is 0 Å². The highest BCUT2D eigenvalue weighted by Crippen LogP contribution is 2.30. The summed E-state index contributed by atoms with van der Waals surface area (Å²) in [6, 6.07) is 8.97. The van der Waals surface area contributed by atoms with Crippen molar-refractivity contribution in [2.24, 2.45) is 7.05 Å². The van der Waals surface area contributed by atoms with Crippen LogP contribution in [0.15, 0.2) is 61.4 Å². The third kappa shape index (κ3) is 3.77. The molecule has 1 aromatic carbocycles. The molecule has 1 amide bonds. The molecule has 2 aliphatic rings. The summed E-state index contributed by atoms with van der Waals surface area (Å²) in [5, 5.41) is 8.65. The predicted octanol–water partition coefficient (Wildman–Crippen LogP) is 2.32. The molecule has 0 radical (unpaired) electrons. The lowest BCUT2D eigenvalue weighted by molar-refractivity contribution is -0.134. The maximum absolute atomic E-state index is 12.8. The van der Waals surface area contributed by atoms with E-state index in [0.717, 1.165) is 47.3 Å². The average molecular weight is 455 g/mol. The van der Waals surface area contributed by atoms with Crippen molar-refractivity contribution in [1.29, 1.82) is 0 Å². The smallest absolute Gasteiger partial charge is 0.244 e. The number of fused-ring (bicyclic) bond motifs is 2. The quantitative estimate of drug-likeness (QED) is 0.460. The second kappa shape index (κ2) is 8.18. The van der Waals surface area contributed by atoms with Gasteiger partial charge in [-0.3, -0.25) is 19.1 Å². The van der Waals surface area contributed by atoms with Crippen LogP contribution in [0.5, 0.6) is 0 Å². The van der Waals surface area contributed by atoms with Crippen molar-refractivity contribution in [2.75, 3.05) is 20.1 Å². The van der Waals surface area contributed by atoms with Crippen molar-refractivity contribution >= 4 is 5.91 Å². The Morgan fingerprint density at radius 3 is 2.35 bits per heavy atom. The van der Waals surface area contributed by atoms with Crippen LogP contribution in [-0.2, 0) is 18.4 Å². The van der Waals surface area contributed by atoms with E-state index < -0.39 is 0 Å². The van der Waals surface area contributed by atoms with Gasteiger partial charge in [-0.1, -0.05) is 18.2 Å². The Balaban J connectivity index is 1.15. The van der Waals surface area contributed by atoms with E-state index in [0.29, 0.717) is 17.9 Å². The maximum atomic E-state index is 12.8. The van der Waals surface area contributed by atoms with Crippen LogP contribution in [0.1, 0.15) is 6.42 Å². The van der Waals surface area contributed by atoms with Gasteiger partial charge in [0, 0.05) is 79.3 Å². The summed E-state index contributed by atoms with van der Waals surface area (Å²) in [6.45, 7) is 2.05. The van der Waals surface area contributed by atoms with Gasteiger partial charge in [0.05, 0.1) is 12.4 Å². The SMILES string of the molecule is CN1CC2CC1CN2C(=O)Cn1cc(-c2cnc(-c3cccc(-c4cnn(C)c4)c3)nc2)cn1. The molecule has 0 saturated carbocycles. The predicted molar refractivity (Wildman–Crippen MR) is 127 cm³/mol. The first-order chi connectivity index (χ1) is 16.5. The first-order valence-electron chi connectivity index (χ1n) is 11.5. The van der Waals surface area contributed by atoms with Gasteiger partial charge < -0.3 is 4.90 Å². The van der Waals surface area contributed by atoms with Crippen molar-refractivity contribution < 1.29 is 4.79 Å². The molecule has 2 unspecified atom stereocenters. The number of nitrogens with zero attached hydrogens (tertiary/aromatic N) is 8.